The van der Waals surface area contributed by atoms with E-state index in [1.54, 1.807) is 0 Å². The van der Waals surface area contributed by atoms with Crippen LogP contribution in [0, 0.1) is 6.92 Å². The van der Waals surface area contributed by atoms with E-state index in [0.29, 0.717) is 5.92 Å². The van der Waals surface area contributed by atoms with Gasteiger partial charge in [0.1, 0.15) is 10.6 Å². The minimum Gasteiger partial charge on any atom is -0.444 e. The van der Waals surface area contributed by atoms with Crippen LogP contribution in [0.3, 0.4) is 0 Å². The highest BCUT2D eigenvalue weighted by molar-refractivity contribution is 7.16. The second-order valence-corrected chi connectivity index (χ2v) is 6.28. The number of carbonyl (C=O) groups is 1. The van der Waals surface area contributed by atoms with Gasteiger partial charge in [-0.15, -0.1) is 11.3 Å². The van der Waals surface area contributed by atoms with Crippen LogP contribution in [0.15, 0.2) is 0 Å². The minimum atomic E-state index is -0.483. The van der Waals surface area contributed by atoms with Crippen LogP contribution in [-0.2, 0) is 4.74 Å². The molecule has 1 aromatic rings. The van der Waals surface area contributed by atoms with E-state index in [-0.39, 0.29) is 0 Å². The van der Waals surface area contributed by atoms with E-state index in [4.69, 9.17) is 4.74 Å². The Morgan fingerprint density at radius 1 is 1.41 bits per heavy atom. The number of amides is 1. The molecule has 0 saturated heterocycles. The van der Waals surface area contributed by atoms with Crippen LogP contribution in [0.1, 0.15) is 51.2 Å². The number of ether oxygens (including phenoxy) is 1. The average molecular weight is 256 g/mol. The molecule has 0 aliphatic carbocycles. The molecule has 0 unspecified atom stereocenters. The van der Waals surface area contributed by atoms with Gasteiger partial charge in [-0.05, 0) is 27.7 Å². The van der Waals surface area contributed by atoms with Crippen LogP contribution in [0.5, 0.6) is 0 Å². The molecular weight excluding hydrogens is 236 g/mol. The van der Waals surface area contributed by atoms with Crippen LogP contribution >= 0.6 is 11.3 Å². The molecule has 5 heteroatoms. The molecular formula is C12H20N2O2S. The van der Waals surface area contributed by atoms with Crippen molar-refractivity contribution in [3.63, 3.8) is 0 Å². The number of aromatic nitrogens is 1. The van der Waals surface area contributed by atoms with E-state index in [1.165, 1.54) is 11.3 Å². The number of carbonyl (C=O) groups excluding carboxylic acids is 1. The SMILES string of the molecule is Cc1nc(C(C)C)sc1NC(=O)OC(C)(C)C. The zero-order chi connectivity index (χ0) is 13.2. The number of rotatable bonds is 2. The van der Waals surface area contributed by atoms with Crippen molar-refractivity contribution in [1.29, 1.82) is 0 Å². The van der Waals surface area contributed by atoms with Crippen LogP contribution in [0.4, 0.5) is 9.80 Å². The molecule has 0 saturated carbocycles. The fourth-order valence-electron chi connectivity index (χ4n) is 1.18. The highest BCUT2D eigenvalue weighted by atomic mass is 32.1. The Kier molecular flexibility index (Phi) is 4.14. The van der Waals surface area contributed by atoms with Crippen molar-refractivity contribution in [2.75, 3.05) is 5.32 Å². The van der Waals surface area contributed by atoms with Crippen molar-refractivity contribution < 1.29 is 9.53 Å². The maximum absolute atomic E-state index is 11.6. The van der Waals surface area contributed by atoms with E-state index < -0.39 is 11.7 Å². The highest BCUT2D eigenvalue weighted by Gasteiger charge is 2.18. The molecule has 1 amide bonds. The van der Waals surface area contributed by atoms with Crippen LogP contribution < -0.4 is 5.32 Å². The smallest absolute Gasteiger partial charge is 0.412 e. The fraction of sp³-hybridized carbons (Fsp3) is 0.667. The molecule has 1 heterocycles. The lowest BCUT2D eigenvalue weighted by Crippen LogP contribution is -2.27. The molecule has 1 N–H and O–H groups in total. The molecule has 0 atom stereocenters. The van der Waals surface area contributed by atoms with Crippen LogP contribution in [0.25, 0.3) is 0 Å². The first-order valence-corrected chi connectivity index (χ1v) is 6.48. The topological polar surface area (TPSA) is 51.2 Å². The molecule has 1 rings (SSSR count). The Labute approximate surface area is 106 Å². The summed E-state index contributed by atoms with van der Waals surface area (Å²) in [5, 5.41) is 4.53. The number of hydrogen-bond donors (Lipinski definition) is 1. The number of hydrogen-bond acceptors (Lipinski definition) is 4. The quantitative estimate of drug-likeness (QED) is 0.872. The molecule has 0 aromatic carbocycles. The lowest BCUT2D eigenvalue weighted by molar-refractivity contribution is 0.0636. The monoisotopic (exact) mass is 256 g/mol. The van der Waals surface area contributed by atoms with Crippen LogP contribution in [0.2, 0.25) is 0 Å². The van der Waals surface area contributed by atoms with Gasteiger partial charge in [0.25, 0.3) is 0 Å². The van der Waals surface area contributed by atoms with Crippen molar-refractivity contribution in [1.82, 2.24) is 4.98 Å². The Bertz CT molecular complexity index is 405. The lowest BCUT2D eigenvalue weighted by Gasteiger charge is -2.19. The van der Waals surface area contributed by atoms with Crippen molar-refractivity contribution in [2.24, 2.45) is 0 Å². The van der Waals surface area contributed by atoms with E-state index in [2.05, 4.69) is 24.1 Å². The number of nitrogens with zero attached hydrogens (tertiary/aromatic N) is 1. The molecule has 0 fully saturated rings. The number of anilines is 1. The minimum absolute atomic E-state index is 0.368. The number of thiazole rings is 1. The molecule has 0 aliphatic heterocycles. The van der Waals surface area contributed by atoms with E-state index in [0.717, 1.165) is 15.7 Å². The van der Waals surface area contributed by atoms with Gasteiger partial charge in [0, 0.05) is 5.92 Å². The first kappa shape index (κ1) is 14.0. The van der Waals surface area contributed by atoms with Gasteiger partial charge in [-0.2, -0.15) is 0 Å². The lowest BCUT2D eigenvalue weighted by atomic mass is 10.2. The predicted molar refractivity (Wildman–Crippen MR) is 70.8 cm³/mol. The van der Waals surface area contributed by atoms with E-state index in [9.17, 15) is 4.79 Å². The molecule has 96 valence electrons. The largest absolute Gasteiger partial charge is 0.444 e. The number of aryl methyl sites for hydroxylation is 1. The Balaban J connectivity index is 2.72. The van der Waals surface area contributed by atoms with Crippen molar-refractivity contribution >= 4 is 22.4 Å². The zero-order valence-corrected chi connectivity index (χ0v) is 12.1. The zero-order valence-electron chi connectivity index (χ0n) is 11.2. The summed E-state index contributed by atoms with van der Waals surface area (Å²) in [4.78, 5) is 16.0. The van der Waals surface area contributed by atoms with Gasteiger partial charge in [-0.1, -0.05) is 13.8 Å². The third-order valence-corrected chi connectivity index (χ3v) is 3.29. The normalized spacial score (nSPS) is 11.7. The average Bonchev–Trinajstić information content (AvgIpc) is 2.44. The highest BCUT2D eigenvalue weighted by Crippen LogP contribution is 2.29. The maximum Gasteiger partial charge on any atom is 0.412 e. The summed E-state index contributed by atoms with van der Waals surface area (Å²) in [6.45, 7) is 11.6. The van der Waals surface area contributed by atoms with Gasteiger partial charge in [0.05, 0.1) is 10.7 Å². The van der Waals surface area contributed by atoms with Gasteiger partial charge in [0.15, 0.2) is 0 Å². The molecule has 0 radical (unpaired) electrons. The second-order valence-electron chi connectivity index (χ2n) is 5.25. The summed E-state index contributed by atoms with van der Waals surface area (Å²) in [7, 11) is 0. The van der Waals surface area contributed by atoms with Gasteiger partial charge in [-0.25, -0.2) is 9.78 Å². The summed E-state index contributed by atoms with van der Waals surface area (Å²) in [5.41, 5.74) is 0.355. The Morgan fingerprint density at radius 3 is 2.41 bits per heavy atom. The Morgan fingerprint density at radius 2 is 2.00 bits per heavy atom. The first-order valence-electron chi connectivity index (χ1n) is 5.66. The van der Waals surface area contributed by atoms with Gasteiger partial charge in [0.2, 0.25) is 0 Å². The van der Waals surface area contributed by atoms with E-state index >= 15 is 0 Å². The third-order valence-electron chi connectivity index (χ3n) is 1.92. The third kappa shape index (κ3) is 4.34. The molecule has 17 heavy (non-hydrogen) atoms. The second kappa shape index (κ2) is 5.04. The maximum atomic E-state index is 11.6. The van der Waals surface area contributed by atoms with Gasteiger partial charge >= 0.3 is 6.09 Å². The summed E-state index contributed by atoms with van der Waals surface area (Å²) >= 11 is 1.50. The fourth-order valence-corrected chi connectivity index (χ4v) is 2.13. The van der Waals surface area contributed by atoms with Gasteiger partial charge in [-0.3, -0.25) is 5.32 Å². The summed E-state index contributed by atoms with van der Waals surface area (Å²) in [5.74, 6) is 0.368. The summed E-state index contributed by atoms with van der Waals surface area (Å²) in [6, 6.07) is 0. The van der Waals surface area contributed by atoms with E-state index in [1.807, 2.05) is 27.7 Å². The van der Waals surface area contributed by atoms with Gasteiger partial charge < -0.3 is 4.74 Å². The molecule has 0 bridgehead atoms. The standard InChI is InChI=1S/C12H20N2O2S/c1-7(2)9-13-8(3)10(17-9)14-11(15)16-12(4,5)6/h7H,1-6H3,(H,14,15). The molecule has 4 nitrogen and oxygen atoms in total. The first-order chi connectivity index (χ1) is 7.69. The van der Waals surface area contributed by atoms with Crippen LogP contribution in [-0.4, -0.2) is 16.7 Å². The predicted octanol–water partition coefficient (Wildman–Crippen LogP) is 3.92. The summed E-state index contributed by atoms with van der Waals surface area (Å²) < 4.78 is 5.20. The number of nitrogens with one attached hydrogen (secondary N) is 1. The van der Waals surface area contributed by atoms with Crippen molar-refractivity contribution in [3.05, 3.63) is 10.7 Å². The summed E-state index contributed by atoms with van der Waals surface area (Å²) in [6.07, 6.45) is -0.431. The van der Waals surface area contributed by atoms with Crippen molar-refractivity contribution in [3.8, 4) is 0 Å². The Hall–Kier alpha value is -1.10. The molecule has 1 aromatic heterocycles. The van der Waals surface area contributed by atoms with Crippen molar-refractivity contribution in [2.45, 2.75) is 53.1 Å². The molecule has 0 spiro atoms. The molecule has 0 aliphatic rings.